The number of pyridine rings is 1. The first-order valence-electron chi connectivity index (χ1n) is 6.06. The summed E-state index contributed by atoms with van der Waals surface area (Å²) >= 11 is 2.75. The molecule has 0 radical (unpaired) electrons. The number of nitrogens with zero attached hydrogens (tertiary/aromatic N) is 3. The zero-order valence-corrected chi connectivity index (χ0v) is 12.7. The van der Waals surface area contributed by atoms with Crippen LogP contribution in [0.4, 0.5) is 15.8 Å². The van der Waals surface area contributed by atoms with E-state index in [1.807, 2.05) is 24.4 Å². The number of aryl methyl sites for hydroxylation is 1. The Kier molecular flexibility index (Phi) is 3.89. The molecular formula is C13H11N5OS2. The molecule has 2 N–H and O–H groups in total. The van der Waals surface area contributed by atoms with Gasteiger partial charge in [0.2, 0.25) is 0 Å². The van der Waals surface area contributed by atoms with Crippen LogP contribution in [0, 0.1) is 6.92 Å². The molecule has 0 spiro atoms. The number of nitrogens with one attached hydrogen (secondary N) is 2. The predicted molar refractivity (Wildman–Crippen MR) is 84.4 cm³/mol. The molecule has 1 amide bonds. The summed E-state index contributed by atoms with van der Waals surface area (Å²) in [5, 5.41) is 9.01. The van der Waals surface area contributed by atoms with Crippen molar-refractivity contribution in [2.45, 2.75) is 6.92 Å². The predicted octanol–water partition coefficient (Wildman–Crippen LogP) is 3.30. The van der Waals surface area contributed by atoms with Gasteiger partial charge in [-0.2, -0.15) is 0 Å². The number of rotatable bonds is 4. The van der Waals surface area contributed by atoms with E-state index in [4.69, 9.17) is 0 Å². The number of carbonyl (C=O) groups excluding carboxylic acids is 1. The summed E-state index contributed by atoms with van der Waals surface area (Å²) in [6.07, 6.45) is 3.38. The van der Waals surface area contributed by atoms with E-state index in [2.05, 4.69) is 25.6 Å². The molecule has 0 unspecified atom stereocenters. The van der Waals surface area contributed by atoms with E-state index < -0.39 is 0 Å². The Balaban J connectivity index is 1.77. The number of hydrogen-bond acceptors (Lipinski definition) is 7. The molecule has 0 aliphatic carbocycles. The van der Waals surface area contributed by atoms with Crippen LogP contribution < -0.4 is 10.6 Å². The van der Waals surface area contributed by atoms with Gasteiger partial charge < -0.3 is 5.32 Å². The molecule has 0 aromatic carbocycles. The molecule has 3 aromatic rings. The van der Waals surface area contributed by atoms with Crippen LogP contribution in [0.1, 0.15) is 16.2 Å². The molecule has 0 fully saturated rings. The highest BCUT2D eigenvalue weighted by atomic mass is 32.1. The Morgan fingerprint density at radius 2 is 2.24 bits per heavy atom. The van der Waals surface area contributed by atoms with Gasteiger partial charge >= 0.3 is 0 Å². The van der Waals surface area contributed by atoms with Crippen molar-refractivity contribution in [1.82, 2.24) is 15.0 Å². The lowest BCUT2D eigenvalue weighted by Gasteiger charge is -2.05. The van der Waals surface area contributed by atoms with Crippen LogP contribution in [0.3, 0.4) is 0 Å². The van der Waals surface area contributed by atoms with Crippen LogP contribution in [0.2, 0.25) is 0 Å². The van der Waals surface area contributed by atoms with E-state index in [0.717, 1.165) is 11.4 Å². The van der Waals surface area contributed by atoms with Crippen molar-refractivity contribution in [2.75, 3.05) is 10.6 Å². The van der Waals surface area contributed by atoms with E-state index in [0.29, 0.717) is 15.8 Å². The first-order valence-corrected chi connectivity index (χ1v) is 7.82. The molecule has 3 heterocycles. The lowest BCUT2D eigenvalue weighted by Crippen LogP contribution is -2.13. The molecule has 21 heavy (non-hydrogen) atoms. The Labute approximate surface area is 128 Å². The smallest absolute Gasteiger partial charge is 0.279 e. The number of carbonyl (C=O) groups is 1. The van der Waals surface area contributed by atoms with E-state index in [1.165, 1.54) is 22.7 Å². The fourth-order valence-electron chi connectivity index (χ4n) is 1.63. The highest BCUT2D eigenvalue weighted by Gasteiger charge is 2.16. The molecule has 6 nitrogen and oxygen atoms in total. The van der Waals surface area contributed by atoms with Gasteiger partial charge in [-0.1, -0.05) is 0 Å². The van der Waals surface area contributed by atoms with Gasteiger partial charge in [0, 0.05) is 11.6 Å². The standard InChI is InChI=1S/C13H11N5OS2/c1-8-6-20-13(16-8)18-11(19)10-12(21-7-15-10)17-9-3-2-4-14-5-9/h2-7,17H,1H3,(H,16,18,19). The van der Waals surface area contributed by atoms with Crippen LogP contribution in [-0.4, -0.2) is 20.9 Å². The number of anilines is 3. The first kappa shape index (κ1) is 13.7. The van der Waals surface area contributed by atoms with Crippen molar-refractivity contribution < 1.29 is 4.79 Å². The van der Waals surface area contributed by atoms with E-state index in [1.54, 1.807) is 17.9 Å². The van der Waals surface area contributed by atoms with Gasteiger partial charge in [-0.3, -0.25) is 15.1 Å². The highest BCUT2D eigenvalue weighted by Crippen LogP contribution is 2.25. The van der Waals surface area contributed by atoms with Gasteiger partial charge in [0.05, 0.1) is 23.1 Å². The number of aromatic nitrogens is 3. The topological polar surface area (TPSA) is 79.8 Å². The van der Waals surface area contributed by atoms with Crippen molar-refractivity contribution >= 4 is 44.4 Å². The minimum atomic E-state index is -0.281. The lowest BCUT2D eigenvalue weighted by atomic mass is 10.4. The Morgan fingerprint density at radius 1 is 1.33 bits per heavy atom. The highest BCUT2D eigenvalue weighted by molar-refractivity contribution is 7.14. The van der Waals surface area contributed by atoms with Gasteiger partial charge in [0.1, 0.15) is 5.00 Å². The zero-order chi connectivity index (χ0) is 14.7. The van der Waals surface area contributed by atoms with E-state index in [-0.39, 0.29) is 5.91 Å². The van der Waals surface area contributed by atoms with Gasteiger partial charge in [-0.15, -0.1) is 22.7 Å². The summed E-state index contributed by atoms with van der Waals surface area (Å²) in [6, 6.07) is 3.69. The van der Waals surface area contributed by atoms with Crippen molar-refractivity contribution in [1.29, 1.82) is 0 Å². The van der Waals surface area contributed by atoms with Crippen molar-refractivity contribution in [3.63, 3.8) is 0 Å². The zero-order valence-electron chi connectivity index (χ0n) is 11.0. The van der Waals surface area contributed by atoms with Gasteiger partial charge in [0.15, 0.2) is 10.8 Å². The maximum atomic E-state index is 12.2. The number of thiazole rings is 2. The minimum Gasteiger partial charge on any atom is -0.344 e. The third kappa shape index (κ3) is 3.23. The van der Waals surface area contributed by atoms with Gasteiger partial charge in [0.25, 0.3) is 5.91 Å². The van der Waals surface area contributed by atoms with Crippen LogP contribution >= 0.6 is 22.7 Å². The summed E-state index contributed by atoms with van der Waals surface area (Å²) in [7, 11) is 0. The molecule has 106 valence electrons. The number of amides is 1. The second kappa shape index (κ2) is 5.98. The average Bonchev–Trinajstić information content (AvgIpc) is 3.09. The van der Waals surface area contributed by atoms with Crippen molar-refractivity contribution in [2.24, 2.45) is 0 Å². The Bertz CT molecular complexity index is 753. The summed E-state index contributed by atoms with van der Waals surface area (Å²) < 4.78 is 0. The molecule has 0 bridgehead atoms. The molecule has 3 rings (SSSR count). The van der Waals surface area contributed by atoms with E-state index in [9.17, 15) is 4.79 Å². The third-order valence-corrected chi connectivity index (χ3v) is 4.16. The lowest BCUT2D eigenvalue weighted by molar-refractivity contribution is 0.102. The Morgan fingerprint density at radius 3 is 2.95 bits per heavy atom. The fourth-order valence-corrected chi connectivity index (χ4v) is 3.01. The monoisotopic (exact) mass is 317 g/mol. The summed E-state index contributed by atoms with van der Waals surface area (Å²) in [6.45, 7) is 1.88. The third-order valence-electron chi connectivity index (χ3n) is 2.54. The van der Waals surface area contributed by atoms with Gasteiger partial charge in [-0.05, 0) is 19.1 Å². The van der Waals surface area contributed by atoms with Crippen molar-refractivity contribution in [3.8, 4) is 0 Å². The Hall–Kier alpha value is -2.32. The average molecular weight is 317 g/mol. The molecule has 8 heteroatoms. The quantitative estimate of drug-likeness (QED) is 0.772. The first-order chi connectivity index (χ1) is 10.2. The van der Waals surface area contributed by atoms with Crippen LogP contribution in [-0.2, 0) is 0 Å². The molecule has 0 aliphatic heterocycles. The van der Waals surface area contributed by atoms with Crippen LogP contribution in [0.5, 0.6) is 0 Å². The minimum absolute atomic E-state index is 0.281. The summed E-state index contributed by atoms with van der Waals surface area (Å²) in [5.41, 5.74) is 3.65. The van der Waals surface area contributed by atoms with Crippen LogP contribution in [0.15, 0.2) is 35.4 Å². The number of hydrogen-bond donors (Lipinski definition) is 2. The van der Waals surface area contributed by atoms with E-state index >= 15 is 0 Å². The maximum Gasteiger partial charge on any atom is 0.279 e. The SMILES string of the molecule is Cc1csc(NC(=O)c2ncsc2Nc2cccnc2)n1. The molecular weight excluding hydrogens is 306 g/mol. The molecule has 3 aromatic heterocycles. The maximum absolute atomic E-state index is 12.2. The van der Waals surface area contributed by atoms with Crippen LogP contribution in [0.25, 0.3) is 0 Å². The molecule has 0 aliphatic rings. The molecule has 0 saturated heterocycles. The normalized spacial score (nSPS) is 10.3. The summed E-state index contributed by atoms with van der Waals surface area (Å²) in [4.78, 5) is 24.6. The van der Waals surface area contributed by atoms with Crippen molar-refractivity contribution in [3.05, 3.63) is 46.8 Å². The second-order valence-electron chi connectivity index (χ2n) is 4.14. The second-order valence-corrected chi connectivity index (χ2v) is 5.86. The largest absolute Gasteiger partial charge is 0.344 e. The molecule has 0 saturated carbocycles. The van der Waals surface area contributed by atoms with Gasteiger partial charge in [-0.25, -0.2) is 9.97 Å². The summed E-state index contributed by atoms with van der Waals surface area (Å²) in [5.74, 6) is -0.281. The molecule has 0 atom stereocenters. The fraction of sp³-hybridized carbons (Fsp3) is 0.0769.